The third kappa shape index (κ3) is 2.78. The molecule has 1 heterocycles. The Morgan fingerprint density at radius 1 is 1.26 bits per heavy atom. The molecule has 0 spiro atoms. The zero-order chi connectivity index (χ0) is 14.0. The summed E-state index contributed by atoms with van der Waals surface area (Å²) in [5.74, 6) is -0.665. The molecule has 0 aromatic heterocycles. The topological polar surface area (TPSA) is 63.7 Å². The molecule has 1 aliphatic rings. The molecule has 1 atom stereocenters. The van der Waals surface area contributed by atoms with Crippen LogP contribution in [-0.2, 0) is 9.53 Å². The van der Waals surface area contributed by atoms with Crippen molar-refractivity contribution < 1.29 is 19.1 Å². The minimum absolute atomic E-state index is 0.319. The zero-order valence-corrected chi connectivity index (χ0v) is 11.4. The minimum Gasteiger partial charge on any atom is -0.462 e. The predicted molar refractivity (Wildman–Crippen MR) is 70.6 cm³/mol. The van der Waals surface area contributed by atoms with Gasteiger partial charge in [-0.2, -0.15) is 0 Å². The predicted octanol–water partition coefficient (Wildman–Crippen LogP) is 1.88. The zero-order valence-electron chi connectivity index (χ0n) is 10.6. The summed E-state index contributed by atoms with van der Waals surface area (Å²) in [6.45, 7) is 3.04. The van der Waals surface area contributed by atoms with Crippen LogP contribution in [0.15, 0.2) is 24.3 Å². The van der Waals surface area contributed by atoms with E-state index in [4.69, 9.17) is 4.74 Å². The normalized spacial score (nSPS) is 15.4. The second kappa shape index (κ2) is 5.44. The van der Waals surface area contributed by atoms with E-state index in [2.05, 4.69) is 0 Å². The molecule has 100 valence electrons. The fourth-order valence-corrected chi connectivity index (χ4v) is 2.64. The monoisotopic (exact) mass is 279 g/mol. The lowest BCUT2D eigenvalue weighted by Crippen LogP contribution is -2.25. The van der Waals surface area contributed by atoms with E-state index in [0.29, 0.717) is 16.9 Å². The van der Waals surface area contributed by atoms with Crippen LogP contribution in [0.4, 0.5) is 0 Å². The van der Waals surface area contributed by atoms with Crippen LogP contribution in [0.5, 0.6) is 0 Å². The summed E-state index contributed by atoms with van der Waals surface area (Å²) in [6, 6.07) is 6.70. The highest BCUT2D eigenvalue weighted by Gasteiger charge is 2.36. The van der Waals surface area contributed by atoms with Crippen molar-refractivity contribution in [3.63, 3.8) is 0 Å². The van der Waals surface area contributed by atoms with Gasteiger partial charge in [0.1, 0.15) is 6.10 Å². The average Bonchev–Trinajstić information content (AvgIpc) is 2.60. The van der Waals surface area contributed by atoms with Crippen LogP contribution in [0.25, 0.3) is 0 Å². The third-order valence-corrected chi connectivity index (χ3v) is 3.77. The Kier molecular flexibility index (Phi) is 3.90. The van der Waals surface area contributed by atoms with E-state index in [9.17, 15) is 14.4 Å². The van der Waals surface area contributed by atoms with Crippen LogP contribution in [0.2, 0.25) is 0 Å². The molecule has 0 saturated carbocycles. The first-order chi connectivity index (χ1) is 9.00. The Hall–Kier alpha value is -1.82. The fourth-order valence-electron chi connectivity index (χ4n) is 1.78. The van der Waals surface area contributed by atoms with E-state index in [-0.39, 0.29) is 23.9 Å². The lowest BCUT2D eigenvalue weighted by molar-refractivity contribution is -0.144. The molecular weight excluding hydrogens is 266 g/mol. The van der Waals surface area contributed by atoms with Crippen LogP contribution in [0, 0.1) is 0 Å². The van der Waals surface area contributed by atoms with Gasteiger partial charge in [-0.3, -0.25) is 14.4 Å². The van der Waals surface area contributed by atoms with Crippen molar-refractivity contribution in [2.45, 2.75) is 20.0 Å². The van der Waals surface area contributed by atoms with Crippen LogP contribution in [-0.4, -0.2) is 33.9 Å². The molecule has 0 N–H and O–H groups in total. The van der Waals surface area contributed by atoms with Crippen LogP contribution >= 0.6 is 11.9 Å². The van der Waals surface area contributed by atoms with E-state index < -0.39 is 0 Å². The van der Waals surface area contributed by atoms with Gasteiger partial charge in [0, 0.05) is 6.92 Å². The molecule has 2 rings (SSSR count). The molecule has 0 fully saturated rings. The summed E-state index contributed by atoms with van der Waals surface area (Å²) in [4.78, 5) is 34.8. The Bertz CT molecular complexity index is 508. The summed E-state index contributed by atoms with van der Waals surface area (Å²) in [7, 11) is 0. The molecule has 0 saturated heterocycles. The van der Waals surface area contributed by atoms with Gasteiger partial charge in [0.2, 0.25) is 0 Å². The second-order valence-electron chi connectivity index (χ2n) is 4.17. The number of nitrogens with zero attached hydrogens (tertiary/aromatic N) is 1. The van der Waals surface area contributed by atoms with Gasteiger partial charge in [-0.25, -0.2) is 4.31 Å². The molecule has 1 aliphatic heterocycles. The number of imide groups is 1. The summed E-state index contributed by atoms with van der Waals surface area (Å²) < 4.78 is 6.06. The van der Waals surface area contributed by atoms with Crippen molar-refractivity contribution in [3.05, 3.63) is 35.4 Å². The van der Waals surface area contributed by atoms with Gasteiger partial charge in [-0.15, -0.1) is 0 Å². The van der Waals surface area contributed by atoms with Gasteiger partial charge >= 0.3 is 5.97 Å². The van der Waals surface area contributed by atoms with Gasteiger partial charge in [-0.05, 0) is 31.0 Å². The van der Waals surface area contributed by atoms with Crippen molar-refractivity contribution in [1.82, 2.24) is 4.31 Å². The van der Waals surface area contributed by atoms with Crippen LogP contribution in [0.1, 0.15) is 34.6 Å². The molecular formula is C13H13NO4S. The molecule has 2 amide bonds. The number of amides is 2. The fraction of sp³-hybridized carbons (Fsp3) is 0.308. The second-order valence-corrected chi connectivity index (χ2v) is 5.12. The Morgan fingerprint density at radius 3 is 2.26 bits per heavy atom. The van der Waals surface area contributed by atoms with Gasteiger partial charge in [-0.1, -0.05) is 12.1 Å². The highest BCUT2D eigenvalue weighted by Crippen LogP contribution is 2.28. The summed E-state index contributed by atoms with van der Waals surface area (Å²) in [5, 5.41) is 0. The first kappa shape index (κ1) is 13.6. The van der Waals surface area contributed by atoms with E-state index in [0.717, 1.165) is 16.3 Å². The van der Waals surface area contributed by atoms with E-state index in [1.807, 2.05) is 0 Å². The summed E-state index contributed by atoms with van der Waals surface area (Å²) in [5.41, 5.74) is 0.834. The van der Waals surface area contributed by atoms with Crippen LogP contribution in [0.3, 0.4) is 0 Å². The van der Waals surface area contributed by atoms with Gasteiger partial charge < -0.3 is 4.74 Å². The van der Waals surface area contributed by atoms with Crippen molar-refractivity contribution >= 4 is 29.7 Å². The van der Waals surface area contributed by atoms with Crippen molar-refractivity contribution in [2.24, 2.45) is 0 Å². The average molecular weight is 279 g/mol. The SMILES string of the molecule is CC(=O)OC(C)CSN1C(=O)c2ccccc2C1=O. The number of rotatable bonds is 4. The largest absolute Gasteiger partial charge is 0.462 e. The quantitative estimate of drug-likeness (QED) is 0.478. The number of hydrogen-bond acceptors (Lipinski definition) is 5. The molecule has 5 nitrogen and oxygen atoms in total. The minimum atomic E-state index is -0.379. The maximum atomic E-state index is 12.0. The number of carbonyl (C=O) groups is 3. The molecule has 0 aliphatic carbocycles. The standard InChI is InChI=1S/C13H13NO4S/c1-8(18-9(2)15)7-19-14-12(16)10-5-3-4-6-11(10)13(14)17/h3-6,8H,7H2,1-2H3. The van der Waals surface area contributed by atoms with E-state index in [1.165, 1.54) is 6.92 Å². The lowest BCUT2D eigenvalue weighted by Gasteiger charge is -2.16. The van der Waals surface area contributed by atoms with Crippen molar-refractivity contribution in [2.75, 3.05) is 5.75 Å². The smallest absolute Gasteiger partial charge is 0.302 e. The van der Waals surface area contributed by atoms with Gasteiger partial charge in [0.05, 0.1) is 16.9 Å². The van der Waals surface area contributed by atoms with Crippen molar-refractivity contribution in [3.8, 4) is 0 Å². The highest BCUT2D eigenvalue weighted by molar-refractivity contribution is 7.98. The number of hydrogen-bond donors (Lipinski definition) is 0. The van der Waals surface area contributed by atoms with E-state index in [1.54, 1.807) is 31.2 Å². The Morgan fingerprint density at radius 2 is 1.79 bits per heavy atom. The first-order valence-corrected chi connectivity index (χ1v) is 6.73. The maximum absolute atomic E-state index is 12.0. The molecule has 6 heteroatoms. The number of esters is 1. The van der Waals surface area contributed by atoms with E-state index >= 15 is 0 Å². The highest BCUT2D eigenvalue weighted by atomic mass is 32.2. The molecule has 0 radical (unpaired) electrons. The maximum Gasteiger partial charge on any atom is 0.302 e. The van der Waals surface area contributed by atoms with Crippen LogP contribution < -0.4 is 0 Å². The number of fused-ring (bicyclic) bond motifs is 1. The molecule has 1 unspecified atom stereocenters. The number of benzene rings is 1. The van der Waals surface area contributed by atoms with Gasteiger partial charge in [0.25, 0.3) is 11.8 Å². The number of ether oxygens (including phenoxy) is 1. The molecule has 1 aromatic rings. The summed E-state index contributed by atoms with van der Waals surface area (Å²) in [6.07, 6.45) is -0.355. The first-order valence-electron chi connectivity index (χ1n) is 5.78. The van der Waals surface area contributed by atoms with Crippen molar-refractivity contribution in [1.29, 1.82) is 0 Å². The van der Waals surface area contributed by atoms with Gasteiger partial charge in [0.15, 0.2) is 0 Å². The number of carbonyl (C=O) groups excluding carboxylic acids is 3. The lowest BCUT2D eigenvalue weighted by atomic mass is 10.1. The molecule has 0 bridgehead atoms. The third-order valence-electron chi connectivity index (χ3n) is 2.56. The summed E-state index contributed by atoms with van der Waals surface area (Å²) >= 11 is 1.06. The Balaban J connectivity index is 2.02. The Labute approximate surface area is 115 Å². The molecule has 1 aromatic carbocycles. The molecule has 19 heavy (non-hydrogen) atoms.